The molecule has 0 saturated carbocycles. The Bertz CT molecular complexity index is 486. The van der Waals surface area contributed by atoms with Gasteiger partial charge in [0.05, 0.1) is 18.1 Å². The first-order valence-electron chi connectivity index (χ1n) is 6.69. The average Bonchev–Trinajstić information content (AvgIpc) is 3.12. The molecule has 96 valence electrons. The summed E-state index contributed by atoms with van der Waals surface area (Å²) in [6.45, 7) is 0.756. The normalized spacial score (nSPS) is 33.8. The second-order valence-corrected chi connectivity index (χ2v) is 5.40. The molecule has 1 N–H and O–H groups in total. The SMILES string of the molecule is O=C([C@@H]1C[C@H]2CC[C@@H]1O2)N1CCCc2n[nH]nc21. The van der Waals surface area contributed by atoms with E-state index in [1.54, 1.807) is 4.90 Å². The van der Waals surface area contributed by atoms with Crippen molar-refractivity contribution >= 4 is 11.7 Å². The van der Waals surface area contributed by atoms with Crippen molar-refractivity contribution in [1.82, 2.24) is 15.4 Å². The maximum atomic E-state index is 12.6. The van der Waals surface area contributed by atoms with Crippen molar-refractivity contribution < 1.29 is 9.53 Å². The Balaban J connectivity index is 1.60. The number of hydrogen-bond donors (Lipinski definition) is 1. The molecule has 0 spiro atoms. The van der Waals surface area contributed by atoms with Gasteiger partial charge in [0, 0.05) is 6.54 Å². The monoisotopic (exact) mass is 248 g/mol. The maximum absolute atomic E-state index is 12.6. The van der Waals surface area contributed by atoms with Crippen molar-refractivity contribution in [2.24, 2.45) is 5.92 Å². The molecule has 2 bridgehead atoms. The van der Waals surface area contributed by atoms with Crippen LogP contribution in [0.25, 0.3) is 0 Å². The zero-order chi connectivity index (χ0) is 12.1. The first-order chi connectivity index (χ1) is 8.83. The van der Waals surface area contributed by atoms with Crippen molar-refractivity contribution in [1.29, 1.82) is 0 Å². The molecule has 1 aromatic rings. The first kappa shape index (κ1) is 10.5. The Morgan fingerprint density at radius 3 is 3.11 bits per heavy atom. The van der Waals surface area contributed by atoms with Crippen molar-refractivity contribution in [3.8, 4) is 0 Å². The lowest BCUT2D eigenvalue weighted by Crippen LogP contribution is -2.42. The molecule has 6 heteroatoms. The molecule has 0 aromatic carbocycles. The van der Waals surface area contributed by atoms with Crippen LogP contribution in [0.1, 0.15) is 31.4 Å². The summed E-state index contributed by atoms with van der Waals surface area (Å²) in [5, 5.41) is 10.8. The minimum atomic E-state index is 0.0337. The molecule has 1 aromatic heterocycles. The highest BCUT2D eigenvalue weighted by Gasteiger charge is 2.46. The Labute approximate surface area is 105 Å². The van der Waals surface area contributed by atoms with Crippen LogP contribution in [0.15, 0.2) is 0 Å². The van der Waals surface area contributed by atoms with Crippen molar-refractivity contribution in [3.05, 3.63) is 5.69 Å². The molecular formula is C12H16N4O2. The summed E-state index contributed by atoms with van der Waals surface area (Å²) >= 11 is 0. The number of hydrogen-bond acceptors (Lipinski definition) is 4. The molecule has 0 aliphatic carbocycles. The van der Waals surface area contributed by atoms with E-state index in [1.807, 2.05) is 0 Å². The van der Waals surface area contributed by atoms with Gasteiger partial charge in [0.25, 0.3) is 0 Å². The number of rotatable bonds is 1. The van der Waals surface area contributed by atoms with Crippen LogP contribution in [-0.2, 0) is 16.0 Å². The molecule has 1 amide bonds. The highest BCUT2D eigenvalue weighted by atomic mass is 16.5. The number of nitrogens with one attached hydrogen (secondary N) is 1. The second-order valence-electron chi connectivity index (χ2n) is 5.40. The van der Waals surface area contributed by atoms with Gasteiger partial charge in [-0.25, -0.2) is 0 Å². The lowest BCUT2D eigenvalue weighted by Gasteiger charge is -2.29. The van der Waals surface area contributed by atoms with Crippen LogP contribution in [0, 0.1) is 5.92 Å². The molecule has 0 unspecified atom stereocenters. The van der Waals surface area contributed by atoms with Gasteiger partial charge in [-0.1, -0.05) is 0 Å². The molecule has 4 rings (SSSR count). The summed E-state index contributed by atoms with van der Waals surface area (Å²) in [6, 6.07) is 0. The van der Waals surface area contributed by atoms with Crippen molar-refractivity contribution in [2.45, 2.75) is 44.3 Å². The largest absolute Gasteiger partial charge is 0.374 e. The van der Waals surface area contributed by atoms with Crippen LogP contribution >= 0.6 is 0 Å². The van der Waals surface area contributed by atoms with Crippen LogP contribution < -0.4 is 4.90 Å². The number of carbonyl (C=O) groups is 1. The van der Waals surface area contributed by atoms with E-state index in [0.717, 1.165) is 50.2 Å². The number of aromatic nitrogens is 3. The van der Waals surface area contributed by atoms with E-state index in [0.29, 0.717) is 6.10 Å². The first-order valence-corrected chi connectivity index (χ1v) is 6.69. The van der Waals surface area contributed by atoms with Gasteiger partial charge >= 0.3 is 0 Å². The summed E-state index contributed by atoms with van der Waals surface area (Å²) in [4.78, 5) is 14.4. The highest BCUT2D eigenvalue weighted by molar-refractivity contribution is 5.95. The molecular weight excluding hydrogens is 232 g/mol. The fourth-order valence-corrected chi connectivity index (χ4v) is 3.45. The van der Waals surface area contributed by atoms with Crippen LogP contribution in [0.3, 0.4) is 0 Å². The quantitative estimate of drug-likeness (QED) is 0.792. The van der Waals surface area contributed by atoms with Gasteiger partial charge < -0.3 is 4.74 Å². The van der Waals surface area contributed by atoms with E-state index in [2.05, 4.69) is 15.4 Å². The van der Waals surface area contributed by atoms with Gasteiger partial charge in [0.1, 0.15) is 5.69 Å². The molecule has 2 saturated heterocycles. The predicted octanol–water partition coefficient (Wildman–Crippen LogP) is 0.651. The highest BCUT2D eigenvalue weighted by Crippen LogP contribution is 2.40. The Morgan fingerprint density at radius 1 is 1.39 bits per heavy atom. The molecule has 6 nitrogen and oxygen atoms in total. The molecule has 3 atom stereocenters. The number of fused-ring (bicyclic) bond motifs is 3. The number of aromatic amines is 1. The number of H-pyrrole nitrogens is 1. The third kappa shape index (κ3) is 1.41. The molecule has 18 heavy (non-hydrogen) atoms. The molecule has 0 radical (unpaired) electrons. The number of anilines is 1. The molecule has 3 aliphatic rings. The standard InChI is InChI=1S/C12H16N4O2/c17-12(8-6-7-3-4-10(8)18-7)16-5-1-2-9-11(16)14-15-13-9/h7-8,10H,1-6H2,(H,13,14,15)/t7-,8-,10+/m1/s1. The van der Waals surface area contributed by atoms with Gasteiger partial charge in [-0.2, -0.15) is 10.3 Å². The van der Waals surface area contributed by atoms with Crippen LogP contribution in [0.4, 0.5) is 5.82 Å². The summed E-state index contributed by atoms with van der Waals surface area (Å²) < 4.78 is 5.77. The third-order valence-corrected chi connectivity index (χ3v) is 4.34. The predicted molar refractivity (Wildman–Crippen MR) is 63.1 cm³/mol. The van der Waals surface area contributed by atoms with Gasteiger partial charge in [0.2, 0.25) is 5.91 Å². The van der Waals surface area contributed by atoms with Gasteiger partial charge in [-0.15, -0.1) is 5.10 Å². The van der Waals surface area contributed by atoms with E-state index in [9.17, 15) is 4.79 Å². The number of carbonyl (C=O) groups excluding carboxylic acids is 1. The number of nitrogens with zero attached hydrogens (tertiary/aromatic N) is 3. The van der Waals surface area contributed by atoms with E-state index in [1.165, 1.54) is 0 Å². The van der Waals surface area contributed by atoms with Crippen LogP contribution in [-0.4, -0.2) is 40.1 Å². The lowest BCUT2D eigenvalue weighted by molar-refractivity contribution is -0.124. The zero-order valence-corrected chi connectivity index (χ0v) is 10.1. The average molecular weight is 248 g/mol. The van der Waals surface area contributed by atoms with Crippen molar-refractivity contribution in [2.75, 3.05) is 11.4 Å². The molecule has 2 fully saturated rings. The minimum absolute atomic E-state index is 0.0337. The van der Waals surface area contributed by atoms with Crippen LogP contribution in [0.5, 0.6) is 0 Å². The number of ether oxygens (including phenoxy) is 1. The van der Waals surface area contributed by atoms with E-state index in [4.69, 9.17) is 4.74 Å². The second kappa shape index (κ2) is 3.78. The topological polar surface area (TPSA) is 71.1 Å². The maximum Gasteiger partial charge on any atom is 0.234 e. The summed E-state index contributed by atoms with van der Waals surface area (Å²) in [5.41, 5.74) is 0.915. The number of aryl methyl sites for hydroxylation is 1. The Kier molecular flexibility index (Phi) is 2.20. The summed E-state index contributed by atoms with van der Waals surface area (Å²) in [7, 11) is 0. The van der Waals surface area contributed by atoms with Gasteiger partial charge in [0.15, 0.2) is 5.82 Å². The van der Waals surface area contributed by atoms with E-state index >= 15 is 0 Å². The molecule has 4 heterocycles. The zero-order valence-electron chi connectivity index (χ0n) is 10.1. The summed E-state index contributed by atoms with van der Waals surface area (Å²) in [5.74, 6) is 0.942. The third-order valence-electron chi connectivity index (χ3n) is 4.34. The van der Waals surface area contributed by atoms with Crippen LogP contribution in [0.2, 0.25) is 0 Å². The van der Waals surface area contributed by atoms with Gasteiger partial charge in [-0.3, -0.25) is 9.69 Å². The van der Waals surface area contributed by atoms with Crippen molar-refractivity contribution in [3.63, 3.8) is 0 Å². The summed E-state index contributed by atoms with van der Waals surface area (Å²) in [6.07, 6.45) is 5.35. The fraction of sp³-hybridized carbons (Fsp3) is 0.750. The Hall–Kier alpha value is -1.43. The number of amides is 1. The Morgan fingerprint density at radius 2 is 2.33 bits per heavy atom. The lowest BCUT2D eigenvalue weighted by atomic mass is 9.88. The molecule has 3 aliphatic heterocycles. The van der Waals surface area contributed by atoms with E-state index < -0.39 is 0 Å². The smallest absolute Gasteiger partial charge is 0.234 e. The van der Waals surface area contributed by atoms with Gasteiger partial charge in [-0.05, 0) is 32.1 Å². The van der Waals surface area contributed by atoms with E-state index in [-0.39, 0.29) is 17.9 Å². The minimum Gasteiger partial charge on any atom is -0.374 e. The fourth-order valence-electron chi connectivity index (χ4n) is 3.45.